The Morgan fingerprint density at radius 3 is 2.29 bits per heavy atom. The molecule has 1 unspecified atom stereocenters. The van der Waals surface area contributed by atoms with Crippen molar-refractivity contribution in [2.75, 3.05) is 39.4 Å². The number of methoxy groups -OCH3 is 3. The molecule has 0 radical (unpaired) electrons. The SMILES string of the molecule is COc1cc(C(=O)Nc2nc3cc(S(=O)(=O)N(C[C@@H](O)[C@H](CP)NC(=O)OC(C)(C)C)OC4CCCC4)ccc3[nH]2)cc(OC)c1OC. The lowest BCUT2D eigenvalue weighted by Gasteiger charge is -2.30. The number of sulfonamides is 1. The van der Waals surface area contributed by atoms with Crippen LogP contribution in [0.4, 0.5) is 10.7 Å². The number of hydrogen-bond acceptors (Lipinski definition) is 11. The molecular weight excluding hydrogens is 665 g/mol. The van der Waals surface area contributed by atoms with E-state index in [1.807, 2.05) is 0 Å². The first-order valence-corrected chi connectivity index (χ1v) is 17.6. The third-order valence-electron chi connectivity index (χ3n) is 7.50. The summed E-state index contributed by atoms with van der Waals surface area (Å²) in [5, 5.41) is 16.4. The number of benzene rings is 2. The lowest BCUT2D eigenvalue weighted by molar-refractivity contribution is -0.144. The number of nitrogens with zero attached hydrogens (tertiary/aromatic N) is 2. The molecule has 1 aliphatic rings. The van der Waals surface area contributed by atoms with E-state index in [0.717, 1.165) is 17.3 Å². The number of alkyl carbamates (subject to hydrolysis) is 1. The molecule has 3 atom stereocenters. The van der Waals surface area contributed by atoms with Gasteiger partial charge in [-0.05, 0) is 70.1 Å². The molecule has 2 aromatic carbocycles. The fourth-order valence-electron chi connectivity index (χ4n) is 5.12. The van der Waals surface area contributed by atoms with Gasteiger partial charge in [-0.15, -0.1) is 9.24 Å². The number of aliphatic hydroxyl groups excluding tert-OH is 1. The van der Waals surface area contributed by atoms with Gasteiger partial charge in [0.15, 0.2) is 11.5 Å². The molecule has 48 heavy (non-hydrogen) atoms. The maximum atomic E-state index is 14.0. The van der Waals surface area contributed by atoms with Crippen molar-refractivity contribution in [2.24, 2.45) is 0 Å². The smallest absolute Gasteiger partial charge is 0.407 e. The molecular formula is C31H44N5O10PS. The lowest BCUT2D eigenvalue weighted by atomic mass is 10.1. The number of aromatic nitrogens is 2. The molecule has 1 heterocycles. The summed E-state index contributed by atoms with van der Waals surface area (Å²) in [4.78, 5) is 38.7. The van der Waals surface area contributed by atoms with Crippen molar-refractivity contribution in [1.82, 2.24) is 19.8 Å². The van der Waals surface area contributed by atoms with Crippen LogP contribution >= 0.6 is 9.24 Å². The minimum Gasteiger partial charge on any atom is -0.493 e. The maximum absolute atomic E-state index is 14.0. The number of rotatable bonds is 14. The van der Waals surface area contributed by atoms with Crippen LogP contribution in [0.15, 0.2) is 35.2 Å². The van der Waals surface area contributed by atoms with Crippen LogP contribution in [0, 0.1) is 0 Å². The molecule has 0 saturated heterocycles. The number of imidazole rings is 1. The number of anilines is 1. The summed E-state index contributed by atoms with van der Waals surface area (Å²) in [6, 6.07) is 6.37. The third-order valence-corrected chi connectivity index (χ3v) is 9.63. The van der Waals surface area contributed by atoms with Gasteiger partial charge in [0.25, 0.3) is 15.9 Å². The molecule has 15 nitrogen and oxygen atoms in total. The van der Waals surface area contributed by atoms with E-state index >= 15 is 0 Å². The van der Waals surface area contributed by atoms with Gasteiger partial charge >= 0.3 is 6.09 Å². The largest absolute Gasteiger partial charge is 0.493 e. The van der Waals surface area contributed by atoms with Crippen LogP contribution in [0.2, 0.25) is 0 Å². The van der Waals surface area contributed by atoms with Crippen LogP contribution in [-0.2, 0) is 19.6 Å². The molecule has 4 rings (SSSR count). The van der Waals surface area contributed by atoms with Crippen LogP contribution in [0.25, 0.3) is 11.0 Å². The molecule has 1 saturated carbocycles. The highest BCUT2D eigenvalue weighted by Crippen LogP contribution is 2.38. The fourth-order valence-corrected chi connectivity index (χ4v) is 6.88. The Labute approximate surface area is 282 Å². The molecule has 1 aromatic heterocycles. The van der Waals surface area contributed by atoms with Gasteiger partial charge in [0.05, 0.1) is 62.1 Å². The van der Waals surface area contributed by atoms with Gasteiger partial charge < -0.3 is 34.4 Å². The summed E-state index contributed by atoms with van der Waals surface area (Å²) in [5.41, 5.74) is 0.164. The summed E-state index contributed by atoms with van der Waals surface area (Å²) in [7, 11) is 2.43. The van der Waals surface area contributed by atoms with Gasteiger partial charge in [-0.2, -0.15) is 0 Å². The Morgan fingerprint density at radius 1 is 1.08 bits per heavy atom. The number of aliphatic hydroxyl groups is 1. The summed E-state index contributed by atoms with van der Waals surface area (Å²) < 4.78 is 50.1. The molecule has 3 aromatic rings. The second-order valence-electron chi connectivity index (χ2n) is 12.2. The van der Waals surface area contributed by atoms with Crippen molar-refractivity contribution < 1.29 is 46.9 Å². The number of nitrogens with one attached hydrogen (secondary N) is 3. The van der Waals surface area contributed by atoms with Crippen molar-refractivity contribution >= 4 is 48.2 Å². The van der Waals surface area contributed by atoms with E-state index in [9.17, 15) is 23.1 Å². The minimum atomic E-state index is -4.33. The predicted molar refractivity (Wildman–Crippen MR) is 181 cm³/mol. The number of carbonyl (C=O) groups is 2. The number of hydrogen-bond donors (Lipinski definition) is 4. The van der Waals surface area contributed by atoms with E-state index in [0.29, 0.717) is 35.6 Å². The maximum Gasteiger partial charge on any atom is 0.407 e. The summed E-state index contributed by atoms with van der Waals surface area (Å²) >= 11 is 0. The standard InChI is InChI=1S/C31H44N5O10PS/c1-31(2,3)45-30(39)34-23(17-47)24(37)16-36(46-19-9-7-8-10-19)48(40,41)20-11-12-21-22(15-20)33-29(32-21)35-28(38)18-13-25(42-4)27(44-6)26(14-18)43-5/h11-15,19,23-24,37H,7-10,16-17,47H2,1-6H3,(H,34,39)(H2,32,33,35,38)/t23-,24+/m0/s1. The zero-order valence-corrected chi connectivity index (χ0v) is 29.8. The van der Waals surface area contributed by atoms with E-state index in [1.54, 1.807) is 20.8 Å². The van der Waals surface area contributed by atoms with Crippen LogP contribution in [0.5, 0.6) is 17.2 Å². The Balaban J connectivity index is 1.57. The second kappa shape index (κ2) is 15.7. The van der Waals surface area contributed by atoms with Crippen molar-refractivity contribution in [3.63, 3.8) is 0 Å². The predicted octanol–water partition coefficient (Wildman–Crippen LogP) is 3.84. The Kier molecular flexibility index (Phi) is 12.1. The highest BCUT2D eigenvalue weighted by atomic mass is 32.2. The number of ether oxygens (including phenoxy) is 4. The van der Waals surface area contributed by atoms with Crippen molar-refractivity contribution in [2.45, 2.75) is 75.2 Å². The molecule has 1 fully saturated rings. The molecule has 264 valence electrons. The fraction of sp³-hybridized carbons (Fsp3) is 0.516. The van der Waals surface area contributed by atoms with Gasteiger partial charge in [-0.1, -0.05) is 17.3 Å². The zero-order valence-electron chi connectivity index (χ0n) is 27.9. The number of aromatic amines is 1. The van der Waals surface area contributed by atoms with Crippen molar-refractivity contribution in [3.05, 3.63) is 35.9 Å². The van der Waals surface area contributed by atoms with Gasteiger partial charge in [-0.25, -0.2) is 18.2 Å². The van der Waals surface area contributed by atoms with Crippen LogP contribution in [-0.4, -0.2) is 97.8 Å². The van der Waals surface area contributed by atoms with Crippen LogP contribution in [0.3, 0.4) is 0 Å². The topological polar surface area (TPSA) is 191 Å². The highest BCUT2D eigenvalue weighted by Gasteiger charge is 2.35. The second-order valence-corrected chi connectivity index (χ2v) is 14.5. The summed E-state index contributed by atoms with van der Waals surface area (Å²) in [5.74, 6) is 0.455. The zero-order chi connectivity index (χ0) is 35.2. The first kappa shape index (κ1) is 37.1. The van der Waals surface area contributed by atoms with E-state index in [4.69, 9.17) is 23.8 Å². The molecule has 0 spiro atoms. The molecule has 1 aliphatic carbocycles. The quantitative estimate of drug-likeness (QED) is 0.141. The van der Waals surface area contributed by atoms with Gasteiger partial charge in [0.2, 0.25) is 11.7 Å². The van der Waals surface area contributed by atoms with Gasteiger partial charge in [0.1, 0.15) is 5.60 Å². The molecule has 0 bridgehead atoms. The average Bonchev–Trinajstić information content (AvgIpc) is 3.70. The number of fused-ring (bicyclic) bond motifs is 1. The molecule has 4 N–H and O–H groups in total. The van der Waals surface area contributed by atoms with Crippen LogP contribution < -0.4 is 24.8 Å². The average molecular weight is 710 g/mol. The minimum absolute atomic E-state index is 0.0734. The summed E-state index contributed by atoms with van der Waals surface area (Å²) in [6.45, 7) is 4.68. The van der Waals surface area contributed by atoms with E-state index < -0.39 is 46.3 Å². The number of amides is 2. The van der Waals surface area contributed by atoms with Crippen molar-refractivity contribution in [1.29, 1.82) is 0 Å². The summed E-state index contributed by atoms with van der Waals surface area (Å²) in [6.07, 6.45) is 0.901. The molecule has 0 aliphatic heterocycles. The van der Waals surface area contributed by atoms with E-state index in [2.05, 4.69) is 29.8 Å². The molecule has 2 amide bonds. The number of H-pyrrole nitrogens is 1. The first-order valence-electron chi connectivity index (χ1n) is 15.4. The monoisotopic (exact) mass is 709 g/mol. The first-order chi connectivity index (χ1) is 22.7. The van der Waals surface area contributed by atoms with E-state index in [1.165, 1.54) is 51.7 Å². The Hall–Kier alpha value is -3.69. The number of hydroxylamine groups is 1. The lowest BCUT2D eigenvalue weighted by Crippen LogP contribution is -2.51. The normalized spacial score (nSPS) is 15.3. The van der Waals surface area contributed by atoms with Gasteiger partial charge in [0, 0.05) is 5.56 Å². The van der Waals surface area contributed by atoms with E-state index in [-0.39, 0.29) is 34.2 Å². The number of carbonyl (C=O) groups excluding carboxylic acids is 2. The van der Waals surface area contributed by atoms with Crippen LogP contribution in [0.1, 0.15) is 56.8 Å². The Bertz CT molecular complexity index is 1680. The highest BCUT2D eigenvalue weighted by molar-refractivity contribution is 7.89. The third kappa shape index (κ3) is 9.05. The Morgan fingerprint density at radius 2 is 1.73 bits per heavy atom. The van der Waals surface area contributed by atoms with Gasteiger partial charge in [-0.3, -0.25) is 14.9 Å². The molecule has 17 heteroatoms. The van der Waals surface area contributed by atoms with Crippen molar-refractivity contribution in [3.8, 4) is 17.2 Å².